The van der Waals surface area contributed by atoms with Crippen molar-refractivity contribution in [1.82, 2.24) is 0 Å². The summed E-state index contributed by atoms with van der Waals surface area (Å²) < 4.78 is 5.13. The number of hydrogen-bond donors (Lipinski definition) is 1. The largest absolute Gasteiger partial charge is 0.394 e. The first-order valence-corrected chi connectivity index (χ1v) is 6.55. The molecule has 19 heavy (non-hydrogen) atoms. The molecule has 1 N–H and O–H groups in total. The van der Waals surface area contributed by atoms with Crippen LogP contribution in [0.2, 0.25) is 0 Å². The third-order valence-electron chi connectivity index (χ3n) is 2.29. The van der Waals surface area contributed by atoms with Crippen molar-refractivity contribution in [2.24, 2.45) is 10.8 Å². The van der Waals surface area contributed by atoms with Gasteiger partial charge in [-0.15, -0.1) is 0 Å². The Labute approximate surface area is 144 Å². The van der Waals surface area contributed by atoms with Crippen LogP contribution in [0.1, 0.15) is 54.4 Å². The molecule has 0 heterocycles. The zero-order valence-corrected chi connectivity index (χ0v) is 16.4. The Kier molecular flexibility index (Phi) is 15.9. The maximum atomic E-state index is 10.4. The van der Waals surface area contributed by atoms with Crippen LogP contribution in [-0.4, -0.2) is 30.7 Å². The Morgan fingerprint density at radius 2 is 1.53 bits per heavy atom. The molecule has 4 heteroatoms. The normalized spacial score (nSPS) is 11.1. The first kappa shape index (κ1) is 24.6. The minimum atomic E-state index is -0.250. The Balaban J connectivity index is -0.000000280. The number of ether oxygens (including phenoxy) is 1. The van der Waals surface area contributed by atoms with E-state index in [0.29, 0.717) is 12.0 Å². The zero-order chi connectivity index (χ0) is 14.8. The molecule has 0 unspecified atom stereocenters. The fourth-order valence-corrected chi connectivity index (χ4v) is 0.871. The number of rotatable bonds is 5. The van der Waals surface area contributed by atoms with Gasteiger partial charge in [0.05, 0.1) is 13.2 Å². The molecule has 0 aromatic rings. The molecule has 0 amide bonds. The van der Waals surface area contributed by atoms with Gasteiger partial charge in [-0.05, 0) is 23.7 Å². The van der Waals surface area contributed by atoms with Gasteiger partial charge in [0.1, 0.15) is 0 Å². The van der Waals surface area contributed by atoms with E-state index >= 15 is 0 Å². The molecule has 113 valence electrons. The summed E-state index contributed by atoms with van der Waals surface area (Å²) in [4.78, 5) is 10.4. The van der Waals surface area contributed by atoms with Crippen LogP contribution >= 0.6 is 0 Å². The minimum Gasteiger partial charge on any atom is -0.394 e. The van der Waals surface area contributed by atoms with E-state index in [9.17, 15) is 4.79 Å². The van der Waals surface area contributed by atoms with Gasteiger partial charge >= 0.3 is 0 Å². The molecule has 0 fully saturated rings. The molecule has 0 aromatic carbocycles. The number of aliphatic hydroxyl groups excluding tert-OH is 1. The topological polar surface area (TPSA) is 46.5 Å². The first-order chi connectivity index (χ1) is 8.00. The monoisotopic (exact) mass is 348 g/mol. The second-order valence-corrected chi connectivity index (χ2v) is 6.67. The Morgan fingerprint density at radius 3 is 1.79 bits per heavy atom. The predicted octanol–water partition coefficient (Wildman–Crippen LogP) is 3.25. The van der Waals surface area contributed by atoms with Gasteiger partial charge in [0.25, 0.3) is 0 Å². The zero-order valence-electron chi connectivity index (χ0n) is 13.6. The van der Waals surface area contributed by atoms with Gasteiger partial charge in [0.15, 0.2) is 0 Å². The molecule has 0 bridgehead atoms. The van der Waals surface area contributed by atoms with E-state index in [1.165, 1.54) is 6.42 Å². The number of ketones is 1. The number of hydrogen-bond acceptors (Lipinski definition) is 3. The number of carbonyl (C=O) groups excluding carboxylic acids is 1. The molecule has 1 radical (unpaired) electrons. The van der Waals surface area contributed by atoms with E-state index in [1.54, 1.807) is 0 Å². The summed E-state index contributed by atoms with van der Waals surface area (Å²) in [5.41, 5.74) is 0.155. The van der Waals surface area contributed by atoms with Crippen molar-refractivity contribution < 1.29 is 47.3 Å². The molecular weight excluding hydrogens is 317 g/mol. The molecule has 0 saturated carbocycles. The molecule has 0 aliphatic rings. The molecule has 0 atom stereocenters. The maximum absolute atomic E-state index is 10.4. The van der Waals surface area contributed by atoms with Crippen molar-refractivity contribution in [1.29, 1.82) is 0 Å². The average molecular weight is 348 g/mol. The quantitative estimate of drug-likeness (QED) is 0.613. The van der Waals surface area contributed by atoms with Crippen molar-refractivity contribution in [3.63, 3.8) is 0 Å². The fraction of sp³-hybridized carbons (Fsp3) is 0.867. The van der Waals surface area contributed by atoms with Crippen LogP contribution in [0.4, 0.5) is 0 Å². The third kappa shape index (κ3) is 24.0. The summed E-state index contributed by atoms with van der Waals surface area (Å²) in [7, 11) is 0. The Morgan fingerprint density at radius 1 is 1.11 bits per heavy atom. The van der Waals surface area contributed by atoms with Crippen molar-refractivity contribution >= 4 is 5.78 Å². The number of aliphatic hydroxyl groups is 1. The first-order valence-electron chi connectivity index (χ1n) is 6.55. The van der Waals surface area contributed by atoms with Gasteiger partial charge in [-0.1, -0.05) is 41.5 Å². The van der Waals surface area contributed by atoms with Gasteiger partial charge in [0.2, 0.25) is 0 Å². The van der Waals surface area contributed by atoms with E-state index in [2.05, 4.69) is 27.7 Å². The number of carbonyl (C=O) groups is 1. The fourth-order valence-electron chi connectivity index (χ4n) is 0.871. The average Bonchev–Trinajstić information content (AvgIpc) is 2.15. The summed E-state index contributed by atoms with van der Waals surface area (Å²) in [6, 6.07) is 0. The van der Waals surface area contributed by atoms with E-state index in [0.717, 1.165) is 13.0 Å². The van der Waals surface area contributed by atoms with E-state index in [-0.39, 0.29) is 50.5 Å². The Bertz CT molecular complexity index is 214. The van der Waals surface area contributed by atoms with Gasteiger partial charge in [0, 0.05) is 45.1 Å². The molecule has 0 spiro atoms. The SMILES string of the molecule is CC(C)(C)CCCOCCO.[CH2-]C(=O)C(C)(C)C.[Y]. The molecule has 3 nitrogen and oxygen atoms in total. The van der Waals surface area contributed by atoms with Crippen molar-refractivity contribution in [3.8, 4) is 0 Å². The molecular formula is C15H31O3Y-. The summed E-state index contributed by atoms with van der Waals surface area (Å²) in [5, 5.41) is 8.40. The van der Waals surface area contributed by atoms with Crippen LogP contribution in [0.5, 0.6) is 0 Å². The summed E-state index contributed by atoms with van der Waals surface area (Å²) in [6.07, 6.45) is 2.27. The minimum absolute atomic E-state index is 0. The Hall–Kier alpha value is 0.564. The molecule has 0 aromatic heterocycles. The standard InChI is InChI=1S/C9H20O2.C6H11O.Y/c1-9(2,3)5-4-7-11-8-6-10;1-5(7)6(2,3)4;/h10H,4-8H2,1-3H3;1H2,2-4H3;/q;-1;. The van der Waals surface area contributed by atoms with Crippen molar-refractivity contribution in [2.75, 3.05) is 19.8 Å². The van der Waals surface area contributed by atoms with E-state index in [1.807, 2.05) is 20.8 Å². The van der Waals surface area contributed by atoms with E-state index < -0.39 is 0 Å². The van der Waals surface area contributed by atoms with Crippen molar-refractivity contribution in [3.05, 3.63) is 6.92 Å². The molecule has 0 rings (SSSR count). The number of Topliss-reactive ketones (excluding diaryl/α,β-unsaturated/α-hetero) is 1. The van der Waals surface area contributed by atoms with Gasteiger partial charge < -0.3 is 21.6 Å². The summed E-state index contributed by atoms with van der Waals surface area (Å²) in [6.45, 7) is 16.9. The van der Waals surface area contributed by atoms with Gasteiger partial charge in [-0.25, -0.2) is 0 Å². The molecule has 0 aliphatic heterocycles. The van der Waals surface area contributed by atoms with E-state index in [4.69, 9.17) is 9.84 Å². The second kappa shape index (κ2) is 12.3. The molecule has 0 saturated heterocycles. The van der Waals surface area contributed by atoms with Crippen LogP contribution in [0.3, 0.4) is 0 Å². The van der Waals surface area contributed by atoms with Crippen LogP contribution in [-0.2, 0) is 42.2 Å². The second-order valence-electron chi connectivity index (χ2n) is 6.67. The van der Waals surface area contributed by atoms with Crippen LogP contribution in [0.25, 0.3) is 0 Å². The summed E-state index contributed by atoms with van der Waals surface area (Å²) >= 11 is 0. The predicted molar refractivity (Wildman–Crippen MR) is 76.4 cm³/mol. The van der Waals surface area contributed by atoms with Crippen molar-refractivity contribution in [2.45, 2.75) is 54.4 Å². The van der Waals surface area contributed by atoms with Crippen LogP contribution in [0.15, 0.2) is 0 Å². The maximum Gasteiger partial charge on any atom is 0.0697 e. The van der Waals surface area contributed by atoms with Gasteiger partial charge in [-0.2, -0.15) is 0 Å². The van der Waals surface area contributed by atoms with Crippen LogP contribution in [0, 0.1) is 17.8 Å². The van der Waals surface area contributed by atoms with Gasteiger partial charge in [-0.3, -0.25) is 0 Å². The third-order valence-corrected chi connectivity index (χ3v) is 2.29. The van der Waals surface area contributed by atoms with Crippen LogP contribution < -0.4 is 0 Å². The summed E-state index contributed by atoms with van der Waals surface area (Å²) in [5.74, 6) is -0.00694. The molecule has 0 aliphatic carbocycles. The smallest absolute Gasteiger partial charge is 0.0697 e.